The Balaban J connectivity index is 1.70. The van der Waals surface area contributed by atoms with Gasteiger partial charge < -0.3 is 9.41 Å². The number of fused-ring (bicyclic) bond motifs is 1. The molecule has 6 nitrogen and oxygen atoms in total. The molecule has 0 bridgehead atoms. The molecule has 1 aliphatic carbocycles. The van der Waals surface area contributed by atoms with Gasteiger partial charge in [-0.3, -0.25) is 4.57 Å². The van der Waals surface area contributed by atoms with Crippen molar-refractivity contribution in [1.29, 1.82) is 0 Å². The second-order valence-corrected chi connectivity index (χ2v) is 12.6. The van der Waals surface area contributed by atoms with Gasteiger partial charge in [0.25, 0.3) is 0 Å². The monoisotopic (exact) mass is 382 g/mol. The lowest BCUT2D eigenvalue weighted by molar-refractivity contribution is 0.124. The van der Waals surface area contributed by atoms with Crippen LogP contribution in [0.1, 0.15) is 45.6 Å². The van der Waals surface area contributed by atoms with E-state index in [1.807, 2.05) is 0 Å². The number of nitrogens with one attached hydrogen (secondary N) is 1. The van der Waals surface area contributed by atoms with E-state index in [9.17, 15) is 4.79 Å². The Morgan fingerprint density at radius 1 is 1.36 bits per heavy atom. The SMILES string of the molecule is CC(C)C[Si](C)(C)OC1CCC(n2c(=O)[nH]c3cnc(Cl)nc32)CC1. The molecular weight excluding hydrogens is 356 g/mol. The highest BCUT2D eigenvalue weighted by molar-refractivity contribution is 6.71. The number of aromatic nitrogens is 4. The van der Waals surface area contributed by atoms with Crippen LogP contribution in [0.3, 0.4) is 0 Å². The molecule has 0 radical (unpaired) electrons. The van der Waals surface area contributed by atoms with Crippen molar-refractivity contribution in [3.63, 3.8) is 0 Å². The van der Waals surface area contributed by atoms with Crippen LogP contribution < -0.4 is 5.69 Å². The normalized spacial score (nSPS) is 22.0. The molecule has 0 aromatic carbocycles. The van der Waals surface area contributed by atoms with E-state index in [1.54, 1.807) is 10.8 Å². The fourth-order valence-corrected chi connectivity index (χ4v) is 7.47. The van der Waals surface area contributed by atoms with E-state index in [0.717, 1.165) is 25.7 Å². The maximum Gasteiger partial charge on any atom is 0.327 e. The van der Waals surface area contributed by atoms with E-state index in [4.69, 9.17) is 16.0 Å². The van der Waals surface area contributed by atoms with Crippen molar-refractivity contribution in [2.45, 2.75) is 70.8 Å². The van der Waals surface area contributed by atoms with Crippen LogP contribution in [0.5, 0.6) is 0 Å². The summed E-state index contributed by atoms with van der Waals surface area (Å²) in [6, 6.07) is 1.33. The van der Waals surface area contributed by atoms with Gasteiger partial charge in [-0.15, -0.1) is 0 Å². The molecule has 0 aliphatic heterocycles. The van der Waals surface area contributed by atoms with Crippen molar-refractivity contribution in [1.82, 2.24) is 19.5 Å². The Labute approximate surface area is 154 Å². The molecule has 25 heavy (non-hydrogen) atoms. The zero-order valence-corrected chi connectivity index (χ0v) is 17.1. The van der Waals surface area contributed by atoms with Gasteiger partial charge in [0, 0.05) is 12.1 Å². The quantitative estimate of drug-likeness (QED) is 0.623. The van der Waals surface area contributed by atoms with Crippen molar-refractivity contribution in [3.05, 3.63) is 22.0 Å². The van der Waals surface area contributed by atoms with Gasteiger partial charge >= 0.3 is 5.69 Å². The predicted molar refractivity (Wildman–Crippen MR) is 103 cm³/mol. The number of H-pyrrole nitrogens is 1. The Hall–Kier alpha value is -1.18. The number of nitrogens with zero attached hydrogens (tertiary/aromatic N) is 3. The van der Waals surface area contributed by atoms with Crippen molar-refractivity contribution in [3.8, 4) is 0 Å². The molecule has 1 aliphatic rings. The van der Waals surface area contributed by atoms with Crippen LogP contribution in [-0.4, -0.2) is 33.9 Å². The van der Waals surface area contributed by atoms with Crippen LogP contribution in [0.4, 0.5) is 0 Å². The number of halogens is 1. The molecule has 2 heterocycles. The summed E-state index contributed by atoms with van der Waals surface area (Å²) in [7, 11) is -1.62. The largest absolute Gasteiger partial charge is 0.414 e. The van der Waals surface area contributed by atoms with Crippen LogP contribution >= 0.6 is 11.6 Å². The average molecular weight is 383 g/mol. The molecule has 1 saturated carbocycles. The summed E-state index contributed by atoms with van der Waals surface area (Å²) in [6.07, 6.45) is 5.69. The maximum atomic E-state index is 12.4. The predicted octanol–water partition coefficient (Wildman–Crippen LogP) is 4.13. The lowest BCUT2D eigenvalue weighted by atomic mass is 9.93. The van der Waals surface area contributed by atoms with Crippen LogP contribution in [0.2, 0.25) is 24.4 Å². The summed E-state index contributed by atoms with van der Waals surface area (Å²) < 4.78 is 8.23. The van der Waals surface area contributed by atoms with E-state index < -0.39 is 8.32 Å². The molecule has 0 unspecified atom stereocenters. The number of rotatable bonds is 5. The zero-order chi connectivity index (χ0) is 18.2. The van der Waals surface area contributed by atoms with E-state index in [-0.39, 0.29) is 17.0 Å². The zero-order valence-electron chi connectivity index (χ0n) is 15.4. The first-order valence-electron chi connectivity index (χ1n) is 9.06. The third kappa shape index (κ3) is 4.32. The summed E-state index contributed by atoms with van der Waals surface area (Å²) >= 11 is 5.91. The molecule has 0 atom stereocenters. The molecule has 138 valence electrons. The molecule has 0 amide bonds. The summed E-state index contributed by atoms with van der Waals surface area (Å²) in [5, 5.41) is 0.165. The standard InChI is InChI=1S/C17H27ClN4O2Si/c1-11(2)10-25(3,4)24-13-7-5-12(6-8-13)22-15-14(20-17(22)23)9-19-16(18)21-15/h9,11-13H,5-8,10H2,1-4H3,(H,20,23). The minimum atomic E-state index is -1.62. The lowest BCUT2D eigenvalue weighted by Crippen LogP contribution is -2.39. The van der Waals surface area contributed by atoms with Gasteiger partial charge in [0.2, 0.25) is 5.28 Å². The fourth-order valence-electron chi connectivity index (χ4n) is 4.14. The highest BCUT2D eigenvalue weighted by atomic mass is 35.5. The highest BCUT2D eigenvalue weighted by Gasteiger charge is 2.31. The summed E-state index contributed by atoms with van der Waals surface area (Å²) in [4.78, 5) is 23.4. The molecule has 0 spiro atoms. The van der Waals surface area contributed by atoms with Gasteiger partial charge in [-0.25, -0.2) is 9.78 Å². The minimum Gasteiger partial charge on any atom is -0.414 e. The number of aromatic amines is 1. The van der Waals surface area contributed by atoms with Gasteiger partial charge in [0.05, 0.1) is 6.20 Å². The van der Waals surface area contributed by atoms with E-state index in [2.05, 4.69) is 41.9 Å². The third-order valence-corrected chi connectivity index (χ3v) is 7.78. The third-order valence-electron chi connectivity index (χ3n) is 4.82. The van der Waals surface area contributed by atoms with Crippen molar-refractivity contribution in [2.75, 3.05) is 0 Å². The molecule has 2 aromatic rings. The molecule has 3 rings (SSSR count). The molecule has 1 N–H and O–H groups in total. The Bertz CT molecular complexity index is 794. The molecular formula is C17H27ClN4O2Si. The second-order valence-electron chi connectivity index (χ2n) is 8.08. The van der Waals surface area contributed by atoms with Crippen LogP contribution in [-0.2, 0) is 4.43 Å². The van der Waals surface area contributed by atoms with Crippen molar-refractivity contribution in [2.24, 2.45) is 5.92 Å². The first-order valence-corrected chi connectivity index (χ1v) is 12.5. The van der Waals surface area contributed by atoms with Crippen LogP contribution in [0.15, 0.2) is 11.0 Å². The van der Waals surface area contributed by atoms with Gasteiger partial charge in [-0.2, -0.15) is 4.98 Å². The first kappa shape index (κ1) is 18.6. The van der Waals surface area contributed by atoms with Crippen molar-refractivity contribution >= 4 is 31.1 Å². The van der Waals surface area contributed by atoms with Gasteiger partial charge in [-0.05, 0) is 62.3 Å². The maximum absolute atomic E-state index is 12.4. The van der Waals surface area contributed by atoms with E-state index in [0.29, 0.717) is 23.2 Å². The molecule has 8 heteroatoms. The van der Waals surface area contributed by atoms with E-state index >= 15 is 0 Å². The Morgan fingerprint density at radius 3 is 2.68 bits per heavy atom. The van der Waals surface area contributed by atoms with Crippen LogP contribution in [0.25, 0.3) is 11.2 Å². The highest BCUT2D eigenvalue weighted by Crippen LogP contribution is 2.33. The molecule has 2 aromatic heterocycles. The summed E-state index contributed by atoms with van der Waals surface area (Å²) in [5.41, 5.74) is 1.10. The topological polar surface area (TPSA) is 72.8 Å². The molecule has 0 saturated heterocycles. The van der Waals surface area contributed by atoms with E-state index in [1.165, 1.54) is 6.04 Å². The first-order chi connectivity index (χ1) is 11.7. The van der Waals surface area contributed by atoms with Gasteiger partial charge in [0.15, 0.2) is 14.0 Å². The van der Waals surface area contributed by atoms with Crippen LogP contribution in [0, 0.1) is 5.92 Å². The fraction of sp³-hybridized carbons (Fsp3) is 0.706. The number of imidazole rings is 1. The smallest absolute Gasteiger partial charge is 0.327 e. The lowest BCUT2D eigenvalue weighted by Gasteiger charge is -2.35. The summed E-state index contributed by atoms with van der Waals surface area (Å²) in [6.45, 7) is 9.13. The second kappa shape index (κ2) is 7.21. The van der Waals surface area contributed by atoms with Gasteiger partial charge in [-0.1, -0.05) is 13.8 Å². The number of hydrogen-bond donors (Lipinski definition) is 1. The van der Waals surface area contributed by atoms with Gasteiger partial charge in [0.1, 0.15) is 5.52 Å². The Morgan fingerprint density at radius 2 is 2.04 bits per heavy atom. The average Bonchev–Trinajstić information content (AvgIpc) is 2.81. The Kier molecular flexibility index (Phi) is 5.36. The van der Waals surface area contributed by atoms with Crippen molar-refractivity contribution < 1.29 is 4.43 Å². The molecule has 1 fully saturated rings. The number of hydrogen-bond acceptors (Lipinski definition) is 4. The summed E-state index contributed by atoms with van der Waals surface area (Å²) in [5.74, 6) is 0.673. The minimum absolute atomic E-state index is 0.134.